The molecule has 2 N–H and O–H groups in total. The highest BCUT2D eigenvalue weighted by Gasteiger charge is 2.18. The van der Waals surface area contributed by atoms with Crippen LogP contribution in [-0.2, 0) is 6.54 Å². The molecule has 21 heavy (non-hydrogen) atoms. The molecule has 104 valence electrons. The molecule has 0 radical (unpaired) electrons. The predicted octanol–water partition coefficient (Wildman–Crippen LogP) is 4.33. The lowest BCUT2D eigenvalue weighted by Crippen LogP contribution is -2.04. The Balaban J connectivity index is 1.95. The van der Waals surface area contributed by atoms with Crippen molar-refractivity contribution in [1.29, 1.82) is 0 Å². The van der Waals surface area contributed by atoms with Gasteiger partial charge in [0.05, 0.1) is 12.5 Å². The smallest absolute Gasteiger partial charge is 0.0641 e. The molecular formula is C16H15N5. The molecule has 0 atom stereocenters. The van der Waals surface area contributed by atoms with Crippen LogP contribution in [-0.4, -0.2) is 9.97 Å². The first-order valence-electron chi connectivity index (χ1n) is 6.75. The van der Waals surface area contributed by atoms with Gasteiger partial charge in [-0.15, -0.1) is 0 Å². The summed E-state index contributed by atoms with van der Waals surface area (Å²) in [6.45, 7) is 0.381. The largest absolute Gasteiger partial charge is 0.364 e. The van der Waals surface area contributed by atoms with E-state index in [0.717, 1.165) is 17.0 Å². The summed E-state index contributed by atoms with van der Waals surface area (Å²) < 4.78 is 0. The van der Waals surface area contributed by atoms with Crippen LogP contribution in [0.4, 0.5) is 0 Å². The number of hydrogen-bond acceptors (Lipinski definition) is 1. The minimum Gasteiger partial charge on any atom is -0.364 e. The molecule has 0 spiro atoms. The summed E-state index contributed by atoms with van der Waals surface area (Å²) in [5, 5.41) is 3.58. The zero-order valence-corrected chi connectivity index (χ0v) is 11.4. The van der Waals surface area contributed by atoms with E-state index in [0.29, 0.717) is 6.54 Å². The Morgan fingerprint density at radius 2 is 1.57 bits per heavy atom. The second-order valence-corrected chi connectivity index (χ2v) is 4.81. The first-order valence-corrected chi connectivity index (χ1v) is 6.75. The van der Waals surface area contributed by atoms with Gasteiger partial charge in [-0.05, 0) is 40.9 Å². The van der Waals surface area contributed by atoms with Crippen molar-refractivity contribution in [3.8, 4) is 0 Å². The molecule has 5 nitrogen and oxygen atoms in total. The molecule has 0 saturated heterocycles. The molecule has 2 heterocycles. The van der Waals surface area contributed by atoms with E-state index >= 15 is 0 Å². The maximum absolute atomic E-state index is 8.37. The highest BCUT2D eigenvalue weighted by atomic mass is 15.1. The van der Waals surface area contributed by atoms with Gasteiger partial charge in [0.2, 0.25) is 0 Å². The lowest BCUT2D eigenvalue weighted by atomic mass is 9.92. The Bertz CT molecular complexity index is 685. The molecule has 5 heteroatoms. The van der Waals surface area contributed by atoms with Crippen LogP contribution in [0.5, 0.6) is 0 Å². The van der Waals surface area contributed by atoms with Gasteiger partial charge in [0.25, 0.3) is 0 Å². The van der Waals surface area contributed by atoms with Crippen LogP contribution in [0, 0.1) is 0 Å². The molecule has 0 aliphatic carbocycles. The van der Waals surface area contributed by atoms with E-state index in [4.69, 9.17) is 5.53 Å². The number of nitrogens with zero attached hydrogens (tertiary/aromatic N) is 3. The van der Waals surface area contributed by atoms with E-state index in [9.17, 15) is 0 Å². The summed E-state index contributed by atoms with van der Waals surface area (Å²) in [6.07, 6.45) is 3.86. The van der Waals surface area contributed by atoms with Crippen LogP contribution in [0.3, 0.4) is 0 Å². The van der Waals surface area contributed by atoms with Gasteiger partial charge in [0.15, 0.2) is 0 Å². The molecule has 0 fully saturated rings. The zero-order chi connectivity index (χ0) is 14.5. The van der Waals surface area contributed by atoms with Gasteiger partial charge < -0.3 is 9.97 Å². The Morgan fingerprint density at radius 1 is 0.952 bits per heavy atom. The van der Waals surface area contributed by atoms with Crippen molar-refractivity contribution in [2.75, 3.05) is 0 Å². The van der Waals surface area contributed by atoms with Crippen LogP contribution in [0.25, 0.3) is 10.4 Å². The molecule has 2 aromatic heterocycles. The summed E-state index contributed by atoms with van der Waals surface area (Å²) in [4.78, 5) is 9.36. The van der Waals surface area contributed by atoms with Crippen LogP contribution < -0.4 is 0 Å². The maximum Gasteiger partial charge on any atom is 0.0641 e. The molecule has 3 aromatic rings. The first kappa shape index (κ1) is 13.1. The maximum atomic E-state index is 8.37. The minimum absolute atomic E-state index is 0.142. The molecular weight excluding hydrogens is 262 g/mol. The summed E-state index contributed by atoms with van der Waals surface area (Å²) in [5.74, 6) is 0.142. The van der Waals surface area contributed by atoms with Crippen LogP contribution in [0.2, 0.25) is 0 Å². The van der Waals surface area contributed by atoms with E-state index in [1.54, 1.807) is 0 Å². The van der Waals surface area contributed by atoms with Crippen molar-refractivity contribution in [1.82, 2.24) is 9.97 Å². The Labute approximate surface area is 122 Å². The second-order valence-electron chi connectivity index (χ2n) is 4.81. The van der Waals surface area contributed by atoms with Crippen LogP contribution >= 0.6 is 0 Å². The topological polar surface area (TPSA) is 80.3 Å². The predicted molar refractivity (Wildman–Crippen MR) is 81.8 cm³/mol. The fraction of sp³-hybridized carbons (Fsp3) is 0.125. The van der Waals surface area contributed by atoms with Gasteiger partial charge in [0.1, 0.15) is 0 Å². The third-order valence-corrected chi connectivity index (χ3v) is 3.50. The van der Waals surface area contributed by atoms with E-state index < -0.39 is 0 Å². The highest BCUT2D eigenvalue weighted by molar-refractivity contribution is 5.38. The number of azide groups is 1. The van der Waals surface area contributed by atoms with E-state index in [-0.39, 0.29) is 5.92 Å². The quantitative estimate of drug-likeness (QED) is 0.395. The average molecular weight is 277 g/mol. The number of aromatic amines is 2. The molecule has 0 unspecified atom stereocenters. The molecule has 0 aliphatic heterocycles. The van der Waals surface area contributed by atoms with E-state index in [1.165, 1.54) is 5.56 Å². The fourth-order valence-corrected chi connectivity index (χ4v) is 2.50. The lowest BCUT2D eigenvalue weighted by Gasteiger charge is -2.15. The minimum atomic E-state index is 0.142. The second kappa shape index (κ2) is 6.03. The Hall–Kier alpha value is -2.91. The third-order valence-electron chi connectivity index (χ3n) is 3.50. The number of rotatable bonds is 5. The van der Waals surface area contributed by atoms with Gasteiger partial charge in [-0.2, -0.15) is 0 Å². The number of nitrogens with one attached hydrogen (secondary N) is 2. The standard InChI is InChI=1S/C16H15N5/c17-21-20-11-12-5-7-13(8-6-12)16(14-3-1-9-18-14)15-4-2-10-19-15/h1-10,16,18-19H,11H2. The molecule has 3 rings (SSSR count). The molecule has 0 amide bonds. The molecule has 1 aromatic carbocycles. The number of aromatic nitrogens is 2. The highest BCUT2D eigenvalue weighted by Crippen LogP contribution is 2.29. The fourth-order valence-electron chi connectivity index (χ4n) is 2.50. The van der Waals surface area contributed by atoms with Gasteiger partial charge in [0, 0.05) is 28.7 Å². The van der Waals surface area contributed by atoms with Gasteiger partial charge in [-0.25, -0.2) is 0 Å². The Kier molecular flexibility index (Phi) is 3.76. The molecule has 0 aliphatic rings. The molecule has 0 saturated carbocycles. The van der Waals surface area contributed by atoms with Gasteiger partial charge >= 0.3 is 0 Å². The monoisotopic (exact) mass is 277 g/mol. The SMILES string of the molecule is [N-]=[N+]=NCc1ccc(C(c2ccc[nH]2)c2ccc[nH]2)cc1. The average Bonchev–Trinajstić information content (AvgIpc) is 3.21. The zero-order valence-electron chi connectivity index (χ0n) is 11.4. The van der Waals surface area contributed by atoms with Crippen molar-refractivity contribution in [2.24, 2.45) is 5.11 Å². The van der Waals surface area contributed by atoms with Gasteiger partial charge in [-0.1, -0.05) is 29.4 Å². The molecule has 0 bridgehead atoms. The summed E-state index contributed by atoms with van der Waals surface area (Å²) >= 11 is 0. The van der Waals surface area contributed by atoms with E-state index in [2.05, 4.69) is 44.3 Å². The van der Waals surface area contributed by atoms with Gasteiger partial charge in [-0.3, -0.25) is 0 Å². The summed E-state index contributed by atoms with van der Waals surface area (Å²) in [5.41, 5.74) is 12.8. The van der Waals surface area contributed by atoms with Crippen molar-refractivity contribution < 1.29 is 0 Å². The first-order chi connectivity index (χ1) is 10.4. The van der Waals surface area contributed by atoms with Crippen LogP contribution in [0.15, 0.2) is 66.0 Å². The summed E-state index contributed by atoms with van der Waals surface area (Å²) in [7, 11) is 0. The third kappa shape index (κ3) is 2.83. The van der Waals surface area contributed by atoms with E-state index in [1.807, 2.05) is 36.7 Å². The summed E-state index contributed by atoms with van der Waals surface area (Å²) in [6, 6.07) is 16.3. The normalized spacial score (nSPS) is 10.5. The van der Waals surface area contributed by atoms with Crippen LogP contribution in [0.1, 0.15) is 28.4 Å². The van der Waals surface area contributed by atoms with Crippen molar-refractivity contribution in [2.45, 2.75) is 12.5 Å². The number of hydrogen-bond donors (Lipinski definition) is 2. The lowest BCUT2D eigenvalue weighted by molar-refractivity contribution is 0.895. The number of H-pyrrole nitrogens is 2. The number of benzene rings is 1. The van der Waals surface area contributed by atoms with Crippen molar-refractivity contribution in [3.05, 3.63) is 93.9 Å². The Morgan fingerprint density at radius 3 is 2.05 bits per heavy atom. The van der Waals surface area contributed by atoms with Crippen molar-refractivity contribution in [3.63, 3.8) is 0 Å². The van der Waals surface area contributed by atoms with Crippen molar-refractivity contribution >= 4 is 0 Å².